The van der Waals surface area contributed by atoms with Crippen LogP contribution in [0.15, 0.2) is 24.3 Å². The fraction of sp³-hybridized carbons (Fsp3) is 0.429. The van der Waals surface area contributed by atoms with Crippen LogP contribution in [0.4, 0.5) is 5.69 Å². The number of carbonyl (C=O) groups excluding carboxylic acids is 2. The molecular formula is C14H21N3O2. The Balaban J connectivity index is 2.62. The van der Waals surface area contributed by atoms with E-state index in [0.29, 0.717) is 12.1 Å². The summed E-state index contributed by atoms with van der Waals surface area (Å²) in [5.41, 5.74) is 7.33. The van der Waals surface area contributed by atoms with Crippen LogP contribution in [0.25, 0.3) is 0 Å². The summed E-state index contributed by atoms with van der Waals surface area (Å²) >= 11 is 0. The monoisotopic (exact) mass is 263 g/mol. The van der Waals surface area contributed by atoms with Gasteiger partial charge in [0.1, 0.15) is 0 Å². The molecule has 0 heterocycles. The number of carbonyl (C=O) groups is 2. The Kier molecular flexibility index (Phi) is 5.51. The highest BCUT2D eigenvalue weighted by molar-refractivity contribution is 5.94. The lowest BCUT2D eigenvalue weighted by Gasteiger charge is -2.15. The van der Waals surface area contributed by atoms with Crippen molar-refractivity contribution in [3.63, 3.8) is 0 Å². The number of amides is 2. The molecule has 0 aliphatic carbocycles. The van der Waals surface area contributed by atoms with Gasteiger partial charge in [-0.15, -0.1) is 0 Å². The van der Waals surface area contributed by atoms with Crippen LogP contribution in [-0.2, 0) is 16.0 Å². The van der Waals surface area contributed by atoms with Crippen LogP contribution in [0.1, 0.15) is 19.4 Å². The van der Waals surface area contributed by atoms with Crippen LogP contribution in [0, 0.1) is 5.92 Å². The summed E-state index contributed by atoms with van der Waals surface area (Å²) in [6, 6.07) is 6.63. The van der Waals surface area contributed by atoms with Crippen molar-refractivity contribution in [3.8, 4) is 0 Å². The molecule has 5 heteroatoms. The van der Waals surface area contributed by atoms with Gasteiger partial charge in [-0.1, -0.05) is 26.0 Å². The van der Waals surface area contributed by atoms with Crippen molar-refractivity contribution in [3.05, 3.63) is 29.8 Å². The molecule has 1 aromatic rings. The molecule has 0 aromatic heterocycles. The fourth-order valence-electron chi connectivity index (χ4n) is 1.51. The molecule has 0 aliphatic heterocycles. The SMILES string of the molecule is CNC(=O)Cc1ccc(NC(=O)[C@H](N)C(C)C)cc1. The van der Waals surface area contributed by atoms with E-state index in [2.05, 4.69) is 10.6 Å². The zero-order valence-electron chi connectivity index (χ0n) is 11.6. The first kappa shape index (κ1) is 15.2. The average Bonchev–Trinajstić information content (AvgIpc) is 2.39. The normalized spacial score (nSPS) is 12.1. The van der Waals surface area contributed by atoms with Gasteiger partial charge in [-0.2, -0.15) is 0 Å². The van der Waals surface area contributed by atoms with E-state index in [1.807, 2.05) is 26.0 Å². The van der Waals surface area contributed by atoms with E-state index < -0.39 is 6.04 Å². The molecule has 0 saturated heterocycles. The van der Waals surface area contributed by atoms with Crippen LogP contribution >= 0.6 is 0 Å². The first-order valence-corrected chi connectivity index (χ1v) is 6.30. The molecule has 0 unspecified atom stereocenters. The van der Waals surface area contributed by atoms with Gasteiger partial charge < -0.3 is 16.4 Å². The van der Waals surface area contributed by atoms with Gasteiger partial charge in [0.25, 0.3) is 0 Å². The number of rotatable bonds is 5. The smallest absolute Gasteiger partial charge is 0.241 e. The predicted molar refractivity (Wildman–Crippen MR) is 75.7 cm³/mol. The van der Waals surface area contributed by atoms with Gasteiger partial charge in [0.05, 0.1) is 12.5 Å². The highest BCUT2D eigenvalue weighted by atomic mass is 16.2. The zero-order valence-corrected chi connectivity index (χ0v) is 11.6. The topological polar surface area (TPSA) is 84.2 Å². The highest BCUT2D eigenvalue weighted by Crippen LogP contribution is 2.11. The molecule has 1 rings (SSSR count). The number of hydrogen-bond donors (Lipinski definition) is 3. The average molecular weight is 263 g/mol. The van der Waals surface area contributed by atoms with Crippen molar-refractivity contribution >= 4 is 17.5 Å². The Labute approximate surface area is 113 Å². The van der Waals surface area contributed by atoms with Crippen LogP contribution in [0.5, 0.6) is 0 Å². The van der Waals surface area contributed by atoms with Gasteiger partial charge in [-0.3, -0.25) is 9.59 Å². The van der Waals surface area contributed by atoms with Crippen LogP contribution in [0.2, 0.25) is 0 Å². The Morgan fingerprint density at radius 2 is 1.79 bits per heavy atom. The molecule has 1 atom stereocenters. The zero-order chi connectivity index (χ0) is 14.4. The molecule has 2 amide bonds. The van der Waals surface area contributed by atoms with Gasteiger partial charge in [-0.25, -0.2) is 0 Å². The lowest BCUT2D eigenvalue weighted by molar-refractivity contribution is -0.120. The molecular weight excluding hydrogens is 242 g/mol. The van der Waals surface area contributed by atoms with E-state index in [4.69, 9.17) is 5.73 Å². The van der Waals surface area contributed by atoms with Gasteiger partial charge >= 0.3 is 0 Å². The number of benzene rings is 1. The van der Waals surface area contributed by atoms with E-state index in [-0.39, 0.29) is 17.7 Å². The van der Waals surface area contributed by atoms with Crippen molar-refractivity contribution in [2.45, 2.75) is 26.3 Å². The largest absolute Gasteiger partial charge is 0.359 e. The maximum absolute atomic E-state index is 11.8. The maximum atomic E-state index is 11.8. The molecule has 4 N–H and O–H groups in total. The summed E-state index contributed by atoms with van der Waals surface area (Å²) in [4.78, 5) is 23.0. The van der Waals surface area contributed by atoms with E-state index in [9.17, 15) is 9.59 Å². The Bertz CT molecular complexity index is 441. The van der Waals surface area contributed by atoms with Crippen LogP contribution in [0.3, 0.4) is 0 Å². The van der Waals surface area contributed by atoms with Crippen molar-refractivity contribution in [2.24, 2.45) is 11.7 Å². The lowest BCUT2D eigenvalue weighted by atomic mass is 10.0. The summed E-state index contributed by atoms with van der Waals surface area (Å²) in [5.74, 6) is -0.153. The second-order valence-electron chi connectivity index (χ2n) is 4.81. The summed E-state index contributed by atoms with van der Waals surface area (Å²) in [7, 11) is 1.60. The third-order valence-corrected chi connectivity index (χ3v) is 2.89. The highest BCUT2D eigenvalue weighted by Gasteiger charge is 2.16. The van der Waals surface area contributed by atoms with Crippen LogP contribution in [-0.4, -0.2) is 24.9 Å². The number of anilines is 1. The van der Waals surface area contributed by atoms with Crippen molar-refractivity contribution < 1.29 is 9.59 Å². The molecule has 0 aliphatic rings. The molecule has 5 nitrogen and oxygen atoms in total. The maximum Gasteiger partial charge on any atom is 0.241 e. The molecule has 0 fully saturated rings. The predicted octanol–water partition coefficient (Wildman–Crippen LogP) is 0.897. The third-order valence-electron chi connectivity index (χ3n) is 2.89. The molecule has 104 valence electrons. The minimum Gasteiger partial charge on any atom is -0.359 e. The quantitative estimate of drug-likeness (QED) is 0.738. The molecule has 0 radical (unpaired) electrons. The number of likely N-dealkylation sites (N-methyl/N-ethyl adjacent to an activating group) is 1. The van der Waals surface area contributed by atoms with E-state index in [0.717, 1.165) is 5.56 Å². The summed E-state index contributed by atoms with van der Waals surface area (Å²) < 4.78 is 0. The first-order valence-electron chi connectivity index (χ1n) is 6.30. The molecule has 0 spiro atoms. The standard InChI is InChI=1S/C14H21N3O2/c1-9(2)13(15)14(19)17-11-6-4-10(5-7-11)8-12(18)16-3/h4-7,9,13H,8,15H2,1-3H3,(H,16,18)(H,17,19)/t13-/m1/s1. The Hall–Kier alpha value is -1.88. The number of nitrogens with two attached hydrogens (primary N) is 1. The van der Waals surface area contributed by atoms with Crippen molar-refractivity contribution in [1.29, 1.82) is 0 Å². The fourth-order valence-corrected chi connectivity index (χ4v) is 1.51. The second-order valence-corrected chi connectivity index (χ2v) is 4.81. The molecule has 1 aromatic carbocycles. The van der Waals surface area contributed by atoms with E-state index in [1.165, 1.54) is 0 Å². The summed E-state index contributed by atoms with van der Waals surface area (Å²) in [6.07, 6.45) is 0.330. The number of nitrogens with one attached hydrogen (secondary N) is 2. The van der Waals surface area contributed by atoms with Crippen molar-refractivity contribution in [2.75, 3.05) is 12.4 Å². The second kappa shape index (κ2) is 6.89. The van der Waals surface area contributed by atoms with Gasteiger partial charge in [-0.05, 0) is 23.6 Å². The molecule has 0 bridgehead atoms. The van der Waals surface area contributed by atoms with Gasteiger partial charge in [0, 0.05) is 12.7 Å². The van der Waals surface area contributed by atoms with E-state index in [1.54, 1.807) is 19.2 Å². The minimum absolute atomic E-state index is 0.0429. The first-order chi connectivity index (χ1) is 8.93. The summed E-state index contributed by atoms with van der Waals surface area (Å²) in [5, 5.41) is 5.32. The Morgan fingerprint density at radius 1 is 1.21 bits per heavy atom. The number of hydrogen-bond acceptors (Lipinski definition) is 3. The van der Waals surface area contributed by atoms with Crippen molar-refractivity contribution in [1.82, 2.24) is 5.32 Å². The van der Waals surface area contributed by atoms with Crippen LogP contribution < -0.4 is 16.4 Å². The molecule has 19 heavy (non-hydrogen) atoms. The molecule has 0 saturated carbocycles. The van der Waals surface area contributed by atoms with Gasteiger partial charge in [0.15, 0.2) is 0 Å². The van der Waals surface area contributed by atoms with E-state index >= 15 is 0 Å². The van der Waals surface area contributed by atoms with Gasteiger partial charge in [0.2, 0.25) is 11.8 Å². The third kappa shape index (κ3) is 4.71. The minimum atomic E-state index is -0.523. The Morgan fingerprint density at radius 3 is 2.26 bits per heavy atom. The summed E-state index contributed by atoms with van der Waals surface area (Å²) in [6.45, 7) is 3.80. The lowest BCUT2D eigenvalue weighted by Crippen LogP contribution is -2.39.